The summed E-state index contributed by atoms with van der Waals surface area (Å²) in [5.74, 6) is 0.0373. The lowest BCUT2D eigenvalue weighted by Crippen LogP contribution is -2.38. The molecule has 2 unspecified atom stereocenters. The predicted molar refractivity (Wildman–Crippen MR) is 50.9 cm³/mol. The number of nitrogens with two attached hydrogens (primary N) is 1. The number of aliphatic hydroxyl groups excluding tert-OH is 1. The Bertz CT molecular complexity index is 406. The first-order chi connectivity index (χ1) is 7.38. The van der Waals surface area contributed by atoms with Gasteiger partial charge in [0.15, 0.2) is 6.10 Å². The third kappa shape index (κ3) is 1.92. The van der Waals surface area contributed by atoms with Crippen LogP contribution in [-0.4, -0.2) is 17.4 Å². The smallest absolute Gasteiger partial charge is 0.425 e. The zero-order valence-electron chi connectivity index (χ0n) is 8.16. The van der Waals surface area contributed by atoms with Crippen molar-refractivity contribution in [3.05, 3.63) is 23.8 Å². The van der Waals surface area contributed by atoms with Crippen LogP contribution in [0.3, 0.4) is 0 Å². The van der Waals surface area contributed by atoms with Crippen molar-refractivity contribution in [2.45, 2.75) is 24.8 Å². The molecule has 0 radical (unpaired) electrons. The molecule has 0 aromatic heterocycles. The summed E-state index contributed by atoms with van der Waals surface area (Å²) in [4.78, 5) is 0. The van der Waals surface area contributed by atoms with E-state index in [1.165, 1.54) is 18.2 Å². The molecule has 3 N–H and O–H groups in total. The largest absolute Gasteiger partial charge is 0.480 e. The third-order valence-electron chi connectivity index (χ3n) is 2.46. The summed E-state index contributed by atoms with van der Waals surface area (Å²) < 4.78 is 42.1. The number of hydrogen-bond donors (Lipinski definition) is 2. The number of alkyl halides is 3. The van der Waals surface area contributed by atoms with Crippen LogP contribution in [-0.2, 0) is 0 Å². The molecule has 0 bridgehead atoms. The van der Waals surface area contributed by atoms with Gasteiger partial charge >= 0.3 is 6.18 Å². The lowest BCUT2D eigenvalue weighted by Gasteiger charge is -2.30. The molecule has 0 amide bonds. The molecule has 0 fully saturated rings. The van der Waals surface area contributed by atoms with E-state index in [0.29, 0.717) is 11.3 Å². The van der Waals surface area contributed by atoms with Crippen LogP contribution in [0.15, 0.2) is 18.2 Å². The van der Waals surface area contributed by atoms with E-state index in [-0.39, 0.29) is 5.75 Å². The van der Waals surface area contributed by atoms with Gasteiger partial charge in [-0.1, -0.05) is 0 Å². The molecule has 3 nitrogen and oxygen atoms in total. The van der Waals surface area contributed by atoms with Crippen molar-refractivity contribution in [3.63, 3.8) is 0 Å². The second-order valence-corrected chi connectivity index (χ2v) is 3.70. The second kappa shape index (κ2) is 3.55. The minimum Gasteiger partial charge on any atom is -0.480 e. The fraction of sp³-hybridized carbons (Fsp3) is 0.400. The summed E-state index contributed by atoms with van der Waals surface area (Å²) in [5, 5.41) is 9.58. The summed E-state index contributed by atoms with van der Waals surface area (Å²) in [6.07, 6.45) is -8.13. The van der Waals surface area contributed by atoms with Crippen molar-refractivity contribution in [1.82, 2.24) is 0 Å². The Morgan fingerprint density at radius 1 is 1.38 bits per heavy atom. The molecule has 16 heavy (non-hydrogen) atoms. The fourth-order valence-electron chi connectivity index (χ4n) is 1.67. The molecule has 88 valence electrons. The number of benzene rings is 1. The van der Waals surface area contributed by atoms with Gasteiger partial charge in [0.1, 0.15) is 5.75 Å². The highest BCUT2D eigenvalue weighted by molar-refractivity contribution is 5.49. The molecular formula is C10H10F3NO2. The summed E-state index contributed by atoms with van der Waals surface area (Å²) >= 11 is 0. The lowest BCUT2D eigenvalue weighted by molar-refractivity contribution is -0.207. The summed E-state index contributed by atoms with van der Waals surface area (Å²) in [6.45, 7) is 0. The fourth-order valence-corrected chi connectivity index (χ4v) is 1.67. The van der Waals surface area contributed by atoms with E-state index in [1.807, 2.05) is 0 Å². The van der Waals surface area contributed by atoms with Gasteiger partial charge in [0, 0.05) is 17.7 Å². The minimum absolute atomic E-state index is 0.0373. The zero-order chi connectivity index (χ0) is 11.9. The predicted octanol–water partition coefficient (Wildman–Crippen LogP) is 2.02. The maximum absolute atomic E-state index is 12.4. The van der Waals surface area contributed by atoms with Crippen LogP contribution in [0, 0.1) is 0 Å². The molecule has 0 spiro atoms. The van der Waals surface area contributed by atoms with Crippen molar-refractivity contribution in [1.29, 1.82) is 0 Å². The quantitative estimate of drug-likeness (QED) is 0.674. The molecule has 2 atom stereocenters. The molecule has 1 aromatic carbocycles. The molecule has 0 saturated heterocycles. The number of aliphatic hydroxyl groups is 1. The van der Waals surface area contributed by atoms with Crippen LogP contribution in [0.4, 0.5) is 18.9 Å². The molecule has 2 rings (SSSR count). The topological polar surface area (TPSA) is 55.5 Å². The number of halogens is 3. The Labute approximate surface area is 89.6 Å². The summed E-state index contributed by atoms with van der Waals surface area (Å²) in [7, 11) is 0. The highest BCUT2D eigenvalue weighted by atomic mass is 19.4. The van der Waals surface area contributed by atoms with E-state index in [4.69, 9.17) is 10.5 Å². The lowest BCUT2D eigenvalue weighted by atomic mass is 9.98. The van der Waals surface area contributed by atoms with Crippen LogP contribution >= 0.6 is 0 Å². The monoisotopic (exact) mass is 233 g/mol. The van der Waals surface area contributed by atoms with Gasteiger partial charge in [-0.15, -0.1) is 0 Å². The van der Waals surface area contributed by atoms with Crippen molar-refractivity contribution in [2.24, 2.45) is 0 Å². The molecule has 1 aliphatic rings. The first-order valence-corrected chi connectivity index (χ1v) is 4.69. The zero-order valence-corrected chi connectivity index (χ0v) is 8.16. The van der Waals surface area contributed by atoms with E-state index in [1.54, 1.807) is 0 Å². The summed E-state index contributed by atoms with van der Waals surface area (Å²) in [5.41, 5.74) is 6.16. The standard InChI is InChI=1S/C10H10F3NO2/c11-10(12,13)9-4-7(15)6-3-5(14)1-2-8(6)16-9/h1-3,7,9,15H,4,14H2. The number of rotatable bonds is 0. The van der Waals surface area contributed by atoms with Crippen LogP contribution in [0.1, 0.15) is 18.1 Å². The highest BCUT2D eigenvalue weighted by Crippen LogP contribution is 2.40. The van der Waals surface area contributed by atoms with Gasteiger partial charge in [0.05, 0.1) is 6.10 Å². The van der Waals surface area contributed by atoms with Crippen molar-refractivity contribution in [2.75, 3.05) is 5.73 Å². The maximum atomic E-state index is 12.4. The molecule has 0 aliphatic carbocycles. The first-order valence-electron chi connectivity index (χ1n) is 4.69. The van der Waals surface area contributed by atoms with Crippen LogP contribution in [0.2, 0.25) is 0 Å². The van der Waals surface area contributed by atoms with Gasteiger partial charge in [-0.2, -0.15) is 13.2 Å². The summed E-state index contributed by atoms with van der Waals surface area (Å²) in [6, 6.07) is 4.20. The van der Waals surface area contributed by atoms with E-state index in [9.17, 15) is 18.3 Å². The van der Waals surface area contributed by atoms with Gasteiger partial charge in [-0.25, -0.2) is 0 Å². The van der Waals surface area contributed by atoms with Crippen LogP contribution < -0.4 is 10.5 Å². The Hall–Kier alpha value is -1.43. The van der Waals surface area contributed by atoms with E-state index < -0.39 is 24.8 Å². The Morgan fingerprint density at radius 2 is 2.06 bits per heavy atom. The molecular weight excluding hydrogens is 223 g/mol. The van der Waals surface area contributed by atoms with Crippen molar-refractivity contribution >= 4 is 5.69 Å². The second-order valence-electron chi connectivity index (χ2n) is 3.70. The van der Waals surface area contributed by atoms with Crippen molar-refractivity contribution < 1.29 is 23.0 Å². The van der Waals surface area contributed by atoms with E-state index >= 15 is 0 Å². The van der Waals surface area contributed by atoms with Crippen LogP contribution in [0.25, 0.3) is 0 Å². The number of fused-ring (bicyclic) bond motifs is 1. The number of nitrogen functional groups attached to an aromatic ring is 1. The first kappa shape index (κ1) is 11.1. The SMILES string of the molecule is Nc1ccc2c(c1)C(O)CC(C(F)(F)F)O2. The molecule has 1 aliphatic heterocycles. The van der Waals surface area contributed by atoms with Gasteiger partial charge in [0.25, 0.3) is 0 Å². The average Bonchev–Trinajstić information content (AvgIpc) is 2.17. The number of anilines is 1. The number of hydrogen-bond acceptors (Lipinski definition) is 3. The van der Waals surface area contributed by atoms with E-state index in [0.717, 1.165) is 0 Å². The number of ether oxygens (including phenoxy) is 1. The molecule has 1 heterocycles. The van der Waals surface area contributed by atoms with Gasteiger partial charge in [-0.05, 0) is 18.2 Å². The Balaban J connectivity index is 2.34. The molecule has 6 heteroatoms. The Morgan fingerprint density at radius 3 is 2.69 bits per heavy atom. The Kier molecular flexibility index (Phi) is 2.46. The van der Waals surface area contributed by atoms with E-state index in [2.05, 4.69) is 0 Å². The van der Waals surface area contributed by atoms with Crippen LogP contribution in [0.5, 0.6) is 5.75 Å². The van der Waals surface area contributed by atoms with Gasteiger partial charge in [0.2, 0.25) is 0 Å². The van der Waals surface area contributed by atoms with Gasteiger partial charge in [-0.3, -0.25) is 0 Å². The minimum atomic E-state index is -4.47. The molecule has 0 saturated carbocycles. The van der Waals surface area contributed by atoms with Crippen molar-refractivity contribution in [3.8, 4) is 5.75 Å². The average molecular weight is 233 g/mol. The highest BCUT2D eigenvalue weighted by Gasteiger charge is 2.45. The van der Waals surface area contributed by atoms with Gasteiger partial charge < -0.3 is 15.6 Å². The molecule has 1 aromatic rings. The third-order valence-corrected chi connectivity index (χ3v) is 2.46. The normalized spacial score (nSPS) is 24.8. The maximum Gasteiger partial charge on any atom is 0.425 e.